The van der Waals surface area contributed by atoms with Crippen LogP contribution in [0.15, 0.2) is 42.5 Å². The lowest BCUT2D eigenvalue weighted by Crippen LogP contribution is -2.08. The van der Waals surface area contributed by atoms with Crippen LogP contribution >= 0.6 is 0 Å². The molecule has 1 nitrogen and oxygen atoms in total. The maximum atomic E-state index is 13.1. The number of nitrogens with one attached hydrogen (secondary N) is 1. The molecule has 2 aromatic carbocycles. The lowest BCUT2D eigenvalue weighted by atomic mass is 10.0. The van der Waals surface area contributed by atoms with Crippen LogP contribution in [0.1, 0.15) is 24.1 Å². The van der Waals surface area contributed by atoms with Crippen molar-refractivity contribution in [3.8, 4) is 0 Å². The van der Waals surface area contributed by atoms with Crippen LogP contribution in [0.25, 0.3) is 0 Å². The van der Waals surface area contributed by atoms with Crippen molar-refractivity contribution in [2.75, 3.05) is 5.32 Å². The maximum absolute atomic E-state index is 13.1. The third kappa shape index (κ3) is 2.86. The van der Waals surface area contributed by atoms with E-state index in [-0.39, 0.29) is 6.04 Å². The Hall–Kier alpha value is -1.90. The molecule has 94 valence electrons. The highest BCUT2D eigenvalue weighted by molar-refractivity contribution is 5.46. The van der Waals surface area contributed by atoms with E-state index in [1.807, 2.05) is 38.1 Å². The van der Waals surface area contributed by atoms with Gasteiger partial charge in [-0.1, -0.05) is 24.3 Å². The van der Waals surface area contributed by atoms with Gasteiger partial charge >= 0.3 is 0 Å². The molecule has 18 heavy (non-hydrogen) atoms. The molecule has 3 heteroatoms. The molecule has 1 atom stereocenters. The summed E-state index contributed by atoms with van der Waals surface area (Å²) in [6.45, 7) is 3.98. The van der Waals surface area contributed by atoms with Gasteiger partial charge in [0.15, 0.2) is 0 Å². The fraction of sp³-hybridized carbons (Fsp3) is 0.200. The summed E-state index contributed by atoms with van der Waals surface area (Å²) in [6, 6.07) is 11.4. The Bertz CT molecular complexity index is 532. The second kappa shape index (κ2) is 5.17. The molecular weight excluding hydrogens is 232 g/mol. The van der Waals surface area contributed by atoms with Gasteiger partial charge in [-0.05, 0) is 37.1 Å². The molecule has 2 aromatic rings. The highest BCUT2D eigenvalue weighted by atomic mass is 19.1. The average Bonchev–Trinajstić information content (AvgIpc) is 2.27. The van der Waals surface area contributed by atoms with Gasteiger partial charge in [-0.2, -0.15) is 0 Å². The lowest BCUT2D eigenvalue weighted by Gasteiger charge is -2.17. The Morgan fingerprint density at radius 1 is 1.00 bits per heavy atom. The van der Waals surface area contributed by atoms with Crippen LogP contribution in [0.2, 0.25) is 0 Å². The van der Waals surface area contributed by atoms with Gasteiger partial charge in [0, 0.05) is 17.8 Å². The van der Waals surface area contributed by atoms with E-state index in [1.165, 1.54) is 12.1 Å². The van der Waals surface area contributed by atoms with Crippen molar-refractivity contribution in [2.45, 2.75) is 19.9 Å². The summed E-state index contributed by atoms with van der Waals surface area (Å²) in [5.41, 5.74) is 2.71. The first-order valence-corrected chi connectivity index (χ1v) is 5.84. The second-order valence-corrected chi connectivity index (χ2v) is 4.38. The second-order valence-electron chi connectivity index (χ2n) is 4.38. The van der Waals surface area contributed by atoms with E-state index < -0.39 is 11.6 Å². The number of anilines is 1. The molecule has 1 unspecified atom stereocenters. The molecule has 0 amide bonds. The molecule has 0 fully saturated rings. The van der Waals surface area contributed by atoms with Crippen molar-refractivity contribution < 1.29 is 8.78 Å². The number of hydrogen-bond acceptors (Lipinski definition) is 1. The van der Waals surface area contributed by atoms with Crippen LogP contribution in [0.5, 0.6) is 0 Å². The monoisotopic (exact) mass is 247 g/mol. The van der Waals surface area contributed by atoms with E-state index >= 15 is 0 Å². The van der Waals surface area contributed by atoms with Gasteiger partial charge in [-0.25, -0.2) is 8.78 Å². The molecule has 0 aromatic heterocycles. The Balaban J connectivity index is 2.21. The largest absolute Gasteiger partial charge is 0.378 e. The summed E-state index contributed by atoms with van der Waals surface area (Å²) in [4.78, 5) is 0. The smallest absolute Gasteiger partial charge is 0.128 e. The predicted molar refractivity (Wildman–Crippen MR) is 69.6 cm³/mol. The zero-order valence-corrected chi connectivity index (χ0v) is 10.4. The Morgan fingerprint density at radius 3 is 2.22 bits per heavy atom. The molecule has 0 bridgehead atoms. The summed E-state index contributed by atoms with van der Waals surface area (Å²) in [5, 5.41) is 3.10. The minimum absolute atomic E-state index is 0.00704. The van der Waals surface area contributed by atoms with Crippen molar-refractivity contribution >= 4 is 5.69 Å². The van der Waals surface area contributed by atoms with Crippen LogP contribution in [-0.4, -0.2) is 0 Å². The van der Waals surface area contributed by atoms with E-state index in [0.29, 0.717) is 5.69 Å². The number of halogens is 2. The molecule has 0 spiro atoms. The lowest BCUT2D eigenvalue weighted by molar-refractivity contribution is 0.583. The van der Waals surface area contributed by atoms with Gasteiger partial charge in [-0.3, -0.25) is 0 Å². The highest BCUT2D eigenvalue weighted by Gasteiger charge is 2.09. The van der Waals surface area contributed by atoms with Crippen molar-refractivity contribution in [1.29, 1.82) is 0 Å². The fourth-order valence-electron chi connectivity index (χ4n) is 2.04. The van der Waals surface area contributed by atoms with Crippen LogP contribution in [-0.2, 0) is 0 Å². The molecule has 0 radical (unpaired) electrons. The van der Waals surface area contributed by atoms with Crippen molar-refractivity contribution in [3.63, 3.8) is 0 Å². The summed E-state index contributed by atoms with van der Waals surface area (Å²) in [5.74, 6) is -1.15. The predicted octanol–water partition coefficient (Wildman–Crippen LogP) is 4.45. The minimum atomic E-state index is -0.575. The van der Waals surface area contributed by atoms with E-state index in [1.54, 1.807) is 0 Å². The Kier molecular flexibility index (Phi) is 3.60. The minimum Gasteiger partial charge on any atom is -0.378 e. The van der Waals surface area contributed by atoms with Gasteiger partial charge in [0.2, 0.25) is 0 Å². The first kappa shape index (κ1) is 12.6. The maximum Gasteiger partial charge on any atom is 0.128 e. The SMILES string of the molecule is Cc1ccccc1C(C)Nc1cc(F)cc(F)c1. The van der Waals surface area contributed by atoms with E-state index in [4.69, 9.17) is 0 Å². The standard InChI is InChI=1S/C15H15F2N/c1-10-5-3-4-6-15(10)11(2)18-14-8-12(16)7-13(17)9-14/h3-9,11,18H,1-2H3. The van der Waals surface area contributed by atoms with E-state index in [0.717, 1.165) is 17.2 Å². The van der Waals surface area contributed by atoms with E-state index in [9.17, 15) is 8.78 Å². The topological polar surface area (TPSA) is 12.0 Å². The molecule has 0 aliphatic heterocycles. The van der Waals surface area contributed by atoms with Gasteiger partial charge in [-0.15, -0.1) is 0 Å². The molecule has 0 heterocycles. The van der Waals surface area contributed by atoms with Gasteiger partial charge in [0.1, 0.15) is 11.6 Å². The van der Waals surface area contributed by atoms with Gasteiger partial charge < -0.3 is 5.32 Å². The average molecular weight is 247 g/mol. The third-order valence-electron chi connectivity index (χ3n) is 2.90. The summed E-state index contributed by atoms with van der Waals surface area (Å²) in [7, 11) is 0. The first-order chi connectivity index (χ1) is 8.56. The fourth-order valence-corrected chi connectivity index (χ4v) is 2.04. The Labute approximate surface area is 105 Å². The van der Waals surface area contributed by atoms with Gasteiger partial charge in [0.25, 0.3) is 0 Å². The number of benzene rings is 2. The Morgan fingerprint density at radius 2 is 1.61 bits per heavy atom. The van der Waals surface area contributed by atoms with Gasteiger partial charge in [0.05, 0.1) is 0 Å². The molecule has 0 saturated heterocycles. The summed E-state index contributed by atoms with van der Waals surface area (Å²) in [6.07, 6.45) is 0. The van der Waals surface area contributed by atoms with Crippen LogP contribution in [0.4, 0.5) is 14.5 Å². The van der Waals surface area contributed by atoms with Crippen molar-refractivity contribution in [1.82, 2.24) is 0 Å². The van der Waals surface area contributed by atoms with Crippen LogP contribution in [0.3, 0.4) is 0 Å². The van der Waals surface area contributed by atoms with Crippen molar-refractivity contribution in [2.24, 2.45) is 0 Å². The first-order valence-electron chi connectivity index (χ1n) is 5.84. The number of hydrogen-bond donors (Lipinski definition) is 1. The molecular formula is C15H15F2N. The zero-order chi connectivity index (χ0) is 13.1. The van der Waals surface area contributed by atoms with Crippen LogP contribution in [0, 0.1) is 18.6 Å². The molecule has 0 aliphatic carbocycles. The van der Waals surface area contributed by atoms with Crippen LogP contribution < -0.4 is 5.32 Å². The summed E-state index contributed by atoms with van der Waals surface area (Å²) < 4.78 is 26.2. The molecule has 0 aliphatic rings. The quantitative estimate of drug-likeness (QED) is 0.845. The van der Waals surface area contributed by atoms with Crippen molar-refractivity contribution in [3.05, 3.63) is 65.2 Å². The number of rotatable bonds is 3. The number of aryl methyl sites for hydroxylation is 1. The van der Waals surface area contributed by atoms with E-state index in [2.05, 4.69) is 5.32 Å². The zero-order valence-electron chi connectivity index (χ0n) is 10.4. The molecule has 0 saturated carbocycles. The summed E-state index contributed by atoms with van der Waals surface area (Å²) >= 11 is 0. The molecule has 2 rings (SSSR count). The third-order valence-corrected chi connectivity index (χ3v) is 2.90. The molecule has 1 N–H and O–H groups in total. The normalized spacial score (nSPS) is 12.2. The highest BCUT2D eigenvalue weighted by Crippen LogP contribution is 2.23.